The molecule has 1 atom stereocenters. The molecule has 0 saturated carbocycles. The molecule has 9 heteroatoms. The first-order chi connectivity index (χ1) is 13.0. The van der Waals surface area contributed by atoms with Gasteiger partial charge in [0.25, 0.3) is 0 Å². The predicted molar refractivity (Wildman–Crippen MR) is 101 cm³/mol. The highest BCUT2D eigenvalue weighted by atomic mass is 32.2. The molecule has 2 heterocycles. The number of nitrogens with zero attached hydrogens (tertiary/aromatic N) is 3. The molecular weight excluding hydrogens is 370 g/mol. The third-order valence-electron chi connectivity index (χ3n) is 4.65. The molecule has 0 spiro atoms. The van der Waals surface area contributed by atoms with Gasteiger partial charge in [0, 0.05) is 6.54 Å². The van der Waals surface area contributed by atoms with Crippen LogP contribution in [0, 0.1) is 0 Å². The van der Waals surface area contributed by atoms with Gasteiger partial charge < -0.3 is 14.7 Å². The largest absolute Gasteiger partial charge is 0.465 e. The molecule has 1 unspecified atom stereocenters. The summed E-state index contributed by atoms with van der Waals surface area (Å²) in [6.07, 6.45) is -1.56. The van der Waals surface area contributed by atoms with Gasteiger partial charge in [0.05, 0.1) is 42.9 Å². The number of benzene rings is 2. The summed E-state index contributed by atoms with van der Waals surface area (Å²) in [7, 11) is -3.86. The van der Waals surface area contributed by atoms with Crippen LogP contribution in [0.5, 0.6) is 0 Å². The number of carbonyl (C=O) groups is 1. The fraction of sp³-hybridized carbons (Fsp3) is 0.278. The maximum atomic E-state index is 13.3. The third-order valence-corrected chi connectivity index (χ3v) is 6.42. The Kier molecular flexibility index (Phi) is 4.40. The Morgan fingerprint density at radius 2 is 1.74 bits per heavy atom. The highest BCUT2D eigenvalue weighted by molar-refractivity contribution is 7.95. The number of amides is 1. The molecule has 1 fully saturated rings. The summed E-state index contributed by atoms with van der Waals surface area (Å²) in [5.41, 5.74) is 1.66. The first-order valence-electron chi connectivity index (χ1n) is 8.55. The van der Waals surface area contributed by atoms with Crippen molar-refractivity contribution in [1.29, 1.82) is 0 Å². The average Bonchev–Trinajstić information content (AvgIpc) is 2.89. The summed E-state index contributed by atoms with van der Waals surface area (Å²) in [6.45, 7) is 0.710. The first kappa shape index (κ1) is 17.6. The van der Waals surface area contributed by atoms with Crippen LogP contribution in [0.1, 0.15) is 0 Å². The minimum atomic E-state index is -3.86. The second kappa shape index (κ2) is 6.75. The molecule has 8 nitrogen and oxygen atoms in total. The van der Waals surface area contributed by atoms with E-state index >= 15 is 0 Å². The molecule has 142 valence electrons. The molecule has 2 aromatic carbocycles. The van der Waals surface area contributed by atoms with Gasteiger partial charge in [-0.05, 0) is 24.3 Å². The smallest absolute Gasteiger partial charge is 0.407 e. The fourth-order valence-electron chi connectivity index (χ4n) is 3.41. The lowest BCUT2D eigenvalue weighted by Gasteiger charge is -2.33. The van der Waals surface area contributed by atoms with Crippen LogP contribution >= 0.6 is 0 Å². The van der Waals surface area contributed by atoms with Crippen molar-refractivity contribution in [2.45, 2.75) is 6.10 Å². The Bertz CT molecular complexity index is 950. The number of hydrogen-bond acceptors (Lipinski definition) is 4. The molecule has 2 aliphatic heterocycles. The summed E-state index contributed by atoms with van der Waals surface area (Å²) in [6, 6.07) is 15.9. The zero-order chi connectivity index (χ0) is 19.0. The number of para-hydroxylation sites is 3. The van der Waals surface area contributed by atoms with Crippen molar-refractivity contribution in [2.24, 2.45) is 0 Å². The van der Waals surface area contributed by atoms with Crippen molar-refractivity contribution in [3.63, 3.8) is 0 Å². The van der Waals surface area contributed by atoms with Crippen LogP contribution in [0.4, 0.5) is 21.9 Å². The zero-order valence-electron chi connectivity index (χ0n) is 14.4. The van der Waals surface area contributed by atoms with Gasteiger partial charge in [0.2, 0.25) is 0 Å². The van der Waals surface area contributed by atoms with Crippen molar-refractivity contribution in [3.05, 3.63) is 54.6 Å². The Morgan fingerprint density at radius 1 is 1.07 bits per heavy atom. The zero-order valence-corrected chi connectivity index (χ0v) is 15.2. The van der Waals surface area contributed by atoms with Gasteiger partial charge in [0.15, 0.2) is 0 Å². The highest BCUT2D eigenvalue weighted by Crippen LogP contribution is 2.45. The van der Waals surface area contributed by atoms with Crippen LogP contribution in [-0.2, 0) is 14.9 Å². The van der Waals surface area contributed by atoms with Gasteiger partial charge in [-0.1, -0.05) is 30.3 Å². The van der Waals surface area contributed by atoms with Crippen LogP contribution in [0.3, 0.4) is 0 Å². The van der Waals surface area contributed by atoms with Crippen LogP contribution in [0.15, 0.2) is 54.6 Å². The maximum Gasteiger partial charge on any atom is 0.407 e. The van der Waals surface area contributed by atoms with E-state index in [1.807, 2.05) is 6.07 Å². The van der Waals surface area contributed by atoms with E-state index in [0.29, 0.717) is 17.1 Å². The Morgan fingerprint density at radius 3 is 2.44 bits per heavy atom. The van der Waals surface area contributed by atoms with E-state index in [1.54, 1.807) is 48.5 Å². The van der Waals surface area contributed by atoms with Crippen molar-refractivity contribution >= 4 is 33.4 Å². The van der Waals surface area contributed by atoms with Gasteiger partial charge in [0.1, 0.15) is 0 Å². The van der Waals surface area contributed by atoms with E-state index in [-0.39, 0.29) is 26.2 Å². The van der Waals surface area contributed by atoms with Crippen LogP contribution < -0.4 is 8.61 Å². The van der Waals surface area contributed by atoms with E-state index in [9.17, 15) is 18.3 Å². The number of ether oxygens (including phenoxy) is 1. The van der Waals surface area contributed by atoms with Gasteiger partial charge in [-0.15, -0.1) is 0 Å². The number of fused-ring (bicyclic) bond motifs is 1. The van der Waals surface area contributed by atoms with E-state index in [4.69, 9.17) is 4.74 Å². The molecule has 27 heavy (non-hydrogen) atoms. The van der Waals surface area contributed by atoms with Crippen LogP contribution in [0.2, 0.25) is 0 Å². The number of rotatable bonds is 3. The molecule has 2 aromatic rings. The lowest BCUT2D eigenvalue weighted by atomic mass is 10.2. The van der Waals surface area contributed by atoms with Crippen molar-refractivity contribution in [3.8, 4) is 0 Å². The Hall–Kier alpha value is -2.78. The molecule has 0 aromatic heterocycles. The number of morpholine rings is 1. The third kappa shape index (κ3) is 3.08. The lowest BCUT2D eigenvalue weighted by molar-refractivity contribution is -0.0161. The molecule has 0 bridgehead atoms. The van der Waals surface area contributed by atoms with Crippen LogP contribution in [-0.4, -0.2) is 56.9 Å². The summed E-state index contributed by atoms with van der Waals surface area (Å²) < 4.78 is 34.9. The Balaban J connectivity index is 1.68. The maximum absolute atomic E-state index is 13.3. The molecular formula is C18H19N3O5S. The number of carboxylic acid groups (broad SMARTS) is 1. The minimum absolute atomic E-state index is 0.0481. The minimum Gasteiger partial charge on any atom is -0.465 e. The van der Waals surface area contributed by atoms with Crippen LogP contribution in [0.25, 0.3) is 0 Å². The molecule has 0 aliphatic carbocycles. The van der Waals surface area contributed by atoms with Gasteiger partial charge in [-0.2, -0.15) is 8.42 Å². The molecule has 4 rings (SSSR count). The monoisotopic (exact) mass is 389 g/mol. The summed E-state index contributed by atoms with van der Waals surface area (Å²) in [5.74, 6) is 0. The second-order valence-electron chi connectivity index (χ2n) is 6.35. The molecule has 1 amide bonds. The Labute approximate surface area is 157 Å². The standard InChI is InChI=1S/C18H19N3O5S/c22-18(23)19-10-11-26-15(12-19)13-20-16-8-4-5-9-17(16)21(27(20,24)25)14-6-2-1-3-7-14/h1-9,15H,10-13H2,(H,22,23). The molecule has 2 aliphatic rings. The van der Waals surface area contributed by atoms with Gasteiger partial charge in [-0.3, -0.25) is 0 Å². The topological polar surface area (TPSA) is 90.4 Å². The quantitative estimate of drug-likeness (QED) is 0.870. The first-order valence-corrected chi connectivity index (χ1v) is 9.95. The van der Waals surface area contributed by atoms with E-state index < -0.39 is 22.4 Å². The fourth-order valence-corrected chi connectivity index (χ4v) is 5.16. The number of hydrogen-bond donors (Lipinski definition) is 1. The molecule has 0 radical (unpaired) electrons. The van der Waals surface area contributed by atoms with E-state index in [1.165, 1.54) is 13.5 Å². The van der Waals surface area contributed by atoms with E-state index in [2.05, 4.69) is 0 Å². The normalized spacial score (nSPS) is 21.2. The summed E-state index contributed by atoms with van der Waals surface area (Å²) in [4.78, 5) is 12.5. The molecule has 1 N–H and O–H groups in total. The van der Waals surface area contributed by atoms with Gasteiger partial charge in [-0.25, -0.2) is 13.4 Å². The highest BCUT2D eigenvalue weighted by Gasteiger charge is 2.42. The predicted octanol–water partition coefficient (Wildman–Crippen LogP) is 2.27. The SMILES string of the molecule is O=C(O)N1CCOC(CN2c3ccccc3N(c3ccccc3)S2(=O)=O)C1. The number of anilines is 3. The van der Waals surface area contributed by atoms with E-state index in [0.717, 1.165) is 0 Å². The summed E-state index contributed by atoms with van der Waals surface area (Å²) in [5, 5.41) is 9.20. The van der Waals surface area contributed by atoms with Gasteiger partial charge >= 0.3 is 16.3 Å². The van der Waals surface area contributed by atoms with Crippen molar-refractivity contribution in [2.75, 3.05) is 34.9 Å². The van der Waals surface area contributed by atoms with Crippen molar-refractivity contribution in [1.82, 2.24) is 4.90 Å². The molecule has 1 saturated heterocycles. The second-order valence-corrected chi connectivity index (χ2v) is 8.05. The lowest BCUT2D eigenvalue weighted by Crippen LogP contribution is -2.50. The van der Waals surface area contributed by atoms with Crippen molar-refractivity contribution < 1.29 is 23.1 Å². The summed E-state index contributed by atoms with van der Waals surface area (Å²) >= 11 is 0. The average molecular weight is 389 g/mol.